The summed E-state index contributed by atoms with van der Waals surface area (Å²) >= 11 is 0. The van der Waals surface area contributed by atoms with Gasteiger partial charge in [0.1, 0.15) is 17.0 Å². The van der Waals surface area contributed by atoms with E-state index in [1.165, 1.54) is 0 Å². The fraction of sp³-hybridized carbons (Fsp3) is 0. The second-order valence-electron chi connectivity index (χ2n) is 12.3. The first-order valence-electron chi connectivity index (χ1n) is 16.6. The zero-order chi connectivity index (χ0) is 33.0. The van der Waals surface area contributed by atoms with Crippen LogP contribution in [0.25, 0.3) is 94.9 Å². The van der Waals surface area contributed by atoms with Crippen molar-refractivity contribution in [1.29, 1.82) is 0 Å². The normalized spacial score (nSPS) is 11.6. The van der Waals surface area contributed by atoms with Crippen LogP contribution in [0.3, 0.4) is 0 Å². The molecule has 0 aliphatic heterocycles. The Morgan fingerprint density at radius 3 is 1.80 bits per heavy atom. The van der Waals surface area contributed by atoms with Gasteiger partial charge in [0.2, 0.25) is 0 Å². The summed E-state index contributed by atoms with van der Waals surface area (Å²) in [4.78, 5) is 19.7. The van der Waals surface area contributed by atoms with Crippen molar-refractivity contribution in [2.24, 2.45) is 0 Å². The number of pyridine rings is 1. The molecule has 0 fully saturated rings. The molecule has 234 valence electrons. The molecule has 0 saturated carbocycles. The highest BCUT2D eigenvalue weighted by atomic mass is 16.3. The molecule has 50 heavy (non-hydrogen) atoms. The van der Waals surface area contributed by atoms with Gasteiger partial charge in [-0.2, -0.15) is 0 Å². The Morgan fingerprint density at radius 1 is 0.420 bits per heavy atom. The van der Waals surface area contributed by atoms with Gasteiger partial charge in [-0.25, -0.2) is 19.9 Å². The number of benzene rings is 6. The smallest absolute Gasteiger partial charge is 0.164 e. The average Bonchev–Trinajstić information content (AvgIpc) is 3.74. The van der Waals surface area contributed by atoms with E-state index < -0.39 is 0 Å². The van der Waals surface area contributed by atoms with E-state index in [1.54, 1.807) is 0 Å². The highest BCUT2D eigenvalue weighted by Gasteiger charge is 2.18. The molecule has 6 aromatic carbocycles. The average molecular weight is 642 g/mol. The Kier molecular flexibility index (Phi) is 6.39. The summed E-state index contributed by atoms with van der Waals surface area (Å²) in [7, 11) is 0. The van der Waals surface area contributed by atoms with Crippen LogP contribution in [0.4, 0.5) is 0 Å². The quantitative estimate of drug-likeness (QED) is 0.187. The molecule has 0 spiro atoms. The molecule has 4 aromatic heterocycles. The SMILES string of the molecule is c1ccc(-c2nc(-c3ccccc3)nc(-c3ccnc(-n4c5ccccc5c5cc(-c6cccc7oc8ccccc8c67)ccc54)c3)n2)cc1. The number of nitrogens with zero attached hydrogens (tertiary/aromatic N) is 5. The van der Waals surface area contributed by atoms with Crippen molar-refractivity contribution in [3.63, 3.8) is 0 Å². The van der Waals surface area contributed by atoms with Crippen molar-refractivity contribution in [2.45, 2.75) is 0 Å². The van der Waals surface area contributed by atoms with Gasteiger partial charge >= 0.3 is 0 Å². The molecule has 10 rings (SSSR count). The summed E-state index contributed by atoms with van der Waals surface area (Å²) in [5.74, 6) is 2.62. The maximum absolute atomic E-state index is 6.22. The summed E-state index contributed by atoms with van der Waals surface area (Å²) < 4.78 is 8.45. The topological polar surface area (TPSA) is 69.6 Å². The minimum absolute atomic E-state index is 0.588. The summed E-state index contributed by atoms with van der Waals surface area (Å²) in [6.07, 6.45) is 1.83. The molecule has 0 amide bonds. The molecule has 0 unspecified atom stereocenters. The standard InChI is InChI=1S/C44H27N5O/c1-3-12-28(13-4-1)42-46-43(29-14-5-2-6-15-29)48-44(47-42)31-24-25-45-40(27-31)49-36-19-9-7-16-33(36)35-26-30(22-23-37(35)49)32-18-11-21-39-41(32)34-17-8-10-20-38(34)50-39/h1-27H. The van der Waals surface area contributed by atoms with Gasteiger partial charge in [0.15, 0.2) is 17.5 Å². The summed E-state index contributed by atoms with van der Waals surface area (Å²) in [6.45, 7) is 0. The third-order valence-corrected chi connectivity index (χ3v) is 9.32. The number of aromatic nitrogens is 5. The summed E-state index contributed by atoms with van der Waals surface area (Å²) in [5.41, 5.74) is 8.90. The molecule has 4 heterocycles. The van der Waals surface area contributed by atoms with Crippen molar-refractivity contribution in [3.05, 3.63) is 164 Å². The van der Waals surface area contributed by atoms with Crippen LogP contribution in [0.5, 0.6) is 0 Å². The van der Waals surface area contributed by atoms with E-state index in [0.717, 1.165) is 77.4 Å². The van der Waals surface area contributed by atoms with Gasteiger partial charge in [0.25, 0.3) is 0 Å². The molecular formula is C44H27N5O. The number of rotatable bonds is 5. The summed E-state index contributed by atoms with van der Waals surface area (Å²) in [6, 6.07) is 53.8. The van der Waals surface area contributed by atoms with E-state index in [-0.39, 0.29) is 0 Å². The summed E-state index contributed by atoms with van der Waals surface area (Å²) in [5, 5.41) is 4.54. The van der Waals surface area contributed by atoms with Crippen LogP contribution in [0.15, 0.2) is 168 Å². The first-order valence-corrected chi connectivity index (χ1v) is 16.6. The molecule has 0 saturated heterocycles. The Balaban J connectivity index is 1.15. The van der Waals surface area contributed by atoms with Crippen molar-refractivity contribution < 1.29 is 4.42 Å². The minimum Gasteiger partial charge on any atom is -0.456 e. The monoisotopic (exact) mass is 641 g/mol. The van der Waals surface area contributed by atoms with E-state index in [9.17, 15) is 0 Å². The third-order valence-electron chi connectivity index (χ3n) is 9.32. The van der Waals surface area contributed by atoms with Crippen LogP contribution < -0.4 is 0 Å². The predicted octanol–water partition coefficient (Wildman–Crippen LogP) is 10.9. The molecule has 0 atom stereocenters. The number of fused-ring (bicyclic) bond motifs is 6. The Labute approximate surface area is 287 Å². The van der Waals surface area contributed by atoms with Gasteiger partial charge < -0.3 is 4.42 Å². The number of hydrogen-bond acceptors (Lipinski definition) is 5. The number of hydrogen-bond donors (Lipinski definition) is 0. The molecule has 0 radical (unpaired) electrons. The highest BCUT2D eigenvalue weighted by Crippen LogP contribution is 2.40. The van der Waals surface area contributed by atoms with E-state index in [1.807, 2.05) is 91.1 Å². The van der Waals surface area contributed by atoms with Gasteiger partial charge in [-0.1, -0.05) is 115 Å². The van der Waals surface area contributed by atoms with Crippen molar-refractivity contribution in [1.82, 2.24) is 24.5 Å². The fourth-order valence-corrected chi connectivity index (χ4v) is 7.02. The van der Waals surface area contributed by atoms with E-state index in [2.05, 4.69) is 77.4 Å². The van der Waals surface area contributed by atoms with Crippen LogP contribution in [0, 0.1) is 0 Å². The first kappa shape index (κ1) is 28.1. The van der Waals surface area contributed by atoms with Gasteiger partial charge in [-0.3, -0.25) is 4.57 Å². The van der Waals surface area contributed by atoms with Gasteiger partial charge in [0, 0.05) is 44.4 Å². The Bertz CT molecular complexity index is 2820. The molecular weight excluding hydrogens is 615 g/mol. The van der Waals surface area contributed by atoms with Crippen molar-refractivity contribution >= 4 is 43.7 Å². The molecule has 0 aliphatic rings. The zero-order valence-corrected chi connectivity index (χ0v) is 26.7. The molecule has 10 aromatic rings. The minimum atomic E-state index is 0.588. The van der Waals surface area contributed by atoms with E-state index >= 15 is 0 Å². The van der Waals surface area contributed by atoms with Gasteiger partial charge in [-0.15, -0.1) is 0 Å². The van der Waals surface area contributed by atoms with Crippen molar-refractivity contribution in [3.8, 4) is 51.1 Å². The zero-order valence-electron chi connectivity index (χ0n) is 26.7. The molecule has 0 N–H and O–H groups in total. The molecule has 6 nitrogen and oxygen atoms in total. The molecule has 6 heteroatoms. The lowest BCUT2D eigenvalue weighted by Crippen LogP contribution is -2.02. The first-order chi connectivity index (χ1) is 24.8. The fourth-order valence-electron chi connectivity index (χ4n) is 7.02. The lowest BCUT2D eigenvalue weighted by Gasteiger charge is -2.11. The van der Waals surface area contributed by atoms with E-state index in [4.69, 9.17) is 24.4 Å². The number of furan rings is 1. The van der Waals surface area contributed by atoms with Gasteiger partial charge in [0.05, 0.1) is 11.0 Å². The third kappa shape index (κ3) is 4.58. The van der Waals surface area contributed by atoms with Crippen LogP contribution in [-0.4, -0.2) is 24.5 Å². The largest absolute Gasteiger partial charge is 0.456 e. The maximum atomic E-state index is 6.22. The van der Waals surface area contributed by atoms with Gasteiger partial charge in [-0.05, 0) is 53.6 Å². The van der Waals surface area contributed by atoms with Crippen LogP contribution in [-0.2, 0) is 0 Å². The number of para-hydroxylation sites is 2. The Hall–Kier alpha value is -6.92. The second-order valence-corrected chi connectivity index (χ2v) is 12.3. The van der Waals surface area contributed by atoms with E-state index in [0.29, 0.717) is 17.5 Å². The maximum Gasteiger partial charge on any atom is 0.164 e. The molecule has 0 aliphatic carbocycles. The predicted molar refractivity (Wildman–Crippen MR) is 201 cm³/mol. The van der Waals surface area contributed by atoms with Crippen LogP contribution in [0.1, 0.15) is 0 Å². The van der Waals surface area contributed by atoms with Crippen LogP contribution in [0.2, 0.25) is 0 Å². The highest BCUT2D eigenvalue weighted by molar-refractivity contribution is 6.15. The second kappa shape index (κ2) is 11.4. The lowest BCUT2D eigenvalue weighted by atomic mass is 9.98. The van der Waals surface area contributed by atoms with Crippen molar-refractivity contribution in [2.75, 3.05) is 0 Å². The Morgan fingerprint density at radius 2 is 1.04 bits per heavy atom. The lowest BCUT2D eigenvalue weighted by molar-refractivity contribution is 0.669. The van der Waals surface area contributed by atoms with Crippen LogP contribution >= 0.6 is 0 Å². The molecule has 0 bridgehead atoms.